The molecule has 0 bridgehead atoms. The zero-order valence-electron chi connectivity index (χ0n) is 8.13. The molecule has 0 spiro atoms. The largest absolute Gasteiger partial charge is 0.508 e. The van der Waals surface area contributed by atoms with Crippen LogP contribution >= 0.6 is 0 Å². The van der Waals surface area contributed by atoms with Gasteiger partial charge in [0, 0.05) is 11.6 Å². The van der Waals surface area contributed by atoms with E-state index in [9.17, 15) is 9.50 Å². The number of phenols is 1. The molecule has 0 aliphatic heterocycles. The summed E-state index contributed by atoms with van der Waals surface area (Å²) < 4.78 is 13.2. The summed E-state index contributed by atoms with van der Waals surface area (Å²) in [6, 6.07) is 2.43. The van der Waals surface area contributed by atoms with Gasteiger partial charge in [0.1, 0.15) is 11.6 Å². The second kappa shape index (κ2) is 3.24. The van der Waals surface area contributed by atoms with E-state index in [1.807, 2.05) is 0 Å². The van der Waals surface area contributed by atoms with Gasteiger partial charge in [-0.2, -0.15) is 0 Å². The second-order valence-corrected chi connectivity index (χ2v) is 3.97. The van der Waals surface area contributed by atoms with E-state index in [4.69, 9.17) is 5.73 Å². The minimum absolute atomic E-state index is 0.114. The molecular weight excluding hydrogens is 181 g/mol. The first kappa shape index (κ1) is 9.46. The number of halogens is 1. The molecular formula is C11H14FNO. The van der Waals surface area contributed by atoms with Crippen molar-refractivity contribution in [2.24, 2.45) is 11.7 Å². The zero-order valence-corrected chi connectivity index (χ0v) is 8.13. The Balaban J connectivity index is 2.43. The van der Waals surface area contributed by atoms with Gasteiger partial charge in [-0.15, -0.1) is 0 Å². The van der Waals surface area contributed by atoms with Gasteiger partial charge >= 0.3 is 0 Å². The van der Waals surface area contributed by atoms with Crippen LogP contribution in [0.5, 0.6) is 5.75 Å². The summed E-state index contributed by atoms with van der Waals surface area (Å²) in [6.45, 7) is 1.66. The van der Waals surface area contributed by atoms with E-state index in [1.165, 1.54) is 12.1 Å². The summed E-state index contributed by atoms with van der Waals surface area (Å²) >= 11 is 0. The van der Waals surface area contributed by atoms with Crippen molar-refractivity contribution in [2.75, 3.05) is 0 Å². The van der Waals surface area contributed by atoms with Crippen LogP contribution in [0.2, 0.25) is 0 Å². The summed E-state index contributed by atoms with van der Waals surface area (Å²) in [4.78, 5) is 0. The van der Waals surface area contributed by atoms with E-state index in [1.54, 1.807) is 6.92 Å². The van der Waals surface area contributed by atoms with Crippen LogP contribution in [-0.4, -0.2) is 5.11 Å². The van der Waals surface area contributed by atoms with Crippen molar-refractivity contribution in [3.05, 3.63) is 29.1 Å². The van der Waals surface area contributed by atoms with Crippen LogP contribution in [0.25, 0.3) is 0 Å². The predicted octanol–water partition coefficient (Wildman–Crippen LogP) is 2.25. The van der Waals surface area contributed by atoms with E-state index in [2.05, 4.69) is 0 Å². The molecule has 2 nitrogen and oxygen atoms in total. The molecule has 76 valence electrons. The summed E-state index contributed by atoms with van der Waals surface area (Å²) in [6.07, 6.45) is 2.16. The Kier molecular flexibility index (Phi) is 2.19. The van der Waals surface area contributed by atoms with E-state index in [0.717, 1.165) is 12.8 Å². The number of hydrogen-bond donors (Lipinski definition) is 2. The summed E-state index contributed by atoms with van der Waals surface area (Å²) in [5.74, 6) is 0.235. The third kappa shape index (κ3) is 1.48. The van der Waals surface area contributed by atoms with Crippen LogP contribution in [-0.2, 0) is 0 Å². The van der Waals surface area contributed by atoms with Gasteiger partial charge in [0.05, 0.1) is 0 Å². The van der Waals surface area contributed by atoms with E-state index in [0.29, 0.717) is 17.0 Å². The van der Waals surface area contributed by atoms with Crippen LogP contribution in [0.15, 0.2) is 12.1 Å². The van der Waals surface area contributed by atoms with Crippen LogP contribution in [0.1, 0.15) is 30.0 Å². The number of benzene rings is 1. The Hall–Kier alpha value is -1.09. The van der Waals surface area contributed by atoms with Gasteiger partial charge in [0.25, 0.3) is 0 Å². The maximum atomic E-state index is 13.2. The number of nitrogens with two attached hydrogens (primary N) is 1. The molecule has 1 fully saturated rings. The van der Waals surface area contributed by atoms with Crippen LogP contribution in [0, 0.1) is 18.7 Å². The van der Waals surface area contributed by atoms with Gasteiger partial charge in [-0.25, -0.2) is 4.39 Å². The lowest BCUT2D eigenvalue weighted by Gasteiger charge is -2.15. The third-order valence-corrected chi connectivity index (χ3v) is 2.89. The average Bonchev–Trinajstić information content (AvgIpc) is 2.95. The third-order valence-electron chi connectivity index (χ3n) is 2.89. The van der Waals surface area contributed by atoms with Crippen molar-refractivity contribution in [1.82, 2.24) is 0 Å². The Bertz CT molecular complexity index is 361. The first-order valence-electron chi connectivity index (χ1n) is 4.85. The normalized spacial score (nSPS) is 18.2. The summed E-state index contributed by atoms with van der Waals surface area (Å²) in [5, 5.41) is 9.62. The van der Waals surface area contributed by atoms with Crippen molar-refractivity contribution in [1.29, 1.82) is 0 Å². The molecule has 0 radical (unpaired) electrons. The quantitative estimate of drug-likeness (QED) is 0.760. The number of hydrogen-bond acceptors (Lipinski definition) is 2. The fourth-order valence-corrected chi connectivity index (χ4v) is 1.80. The molecule has 3 N–H and O–H groups in total. The molecule has 2 rings (SSSR count). The lowest BCUT2D eigenvalue weighted by molar-refractivity contribution is 0.451. The van der Waals surface area contributed by atoms with Crippen molar-refractivity contribution >= 4 is 0 Å². The monoisotopic (exact) mass is 195 g/mol. The maximum Gasteiger partial charge on any atom is 0.126 e. The Labute approximate surface area is 82.5 Å². The van der Waals surface area contributed by atoms with Crippen molar-refractivity contribution < 1.29 is 9.50 Å². The molecule has 0 amide bonds. The molecule has 0 saturated heterocycles. The molecule has 1 unspecified atom stereocenters. The van der Waals surface area contributed by atoms with E-state index < -0.39 is 0 Å². The molecule has 14 heavy (non-hydrogen) atoms. The Morgan fingerprint density at radius 3 is 2.71 bits per heavy atom. The van der Waals surface area contributed by atoms with Gasteiger partial charge < -0.3 is 10.8 Å². The molecule has 0 aromatic heterocycles. The first-order chi connectivity index (χ1) is 6.61. The molecule has 1 aliphatic carbocycles. The van der Waals surface area contributed by atoms with Gasteiger partial charge in [-0.05, 0) is 43.4 Å². The fourth-order valence-electron chi connectivity index (χ4n) is 1.80. The fraction of sp³-hybridized carbons (Fsp3) is 0.455. The predicted molar refractivity (Wildman–Crippen MR) is 52.5 cm³/mol. The van der Waals surface area contributed by atoms with Crippen molar-refractivity contribution in [3.8, 4) is 5.75 Å². The molecule has 3 heteroatoms. The number of rotatable bonds is 2. The molecule has 1 aromatic carbocycles. The highest BCUT2D eigenvalue weighted by Gasteiger charge is 2.32. The molecule has 1 atom stereocenters. The minimum Gasteiger partial charge on any atom is -0.508 e. The average molecular weight is 195 g/mol. The summed E-state index contributed by atoms with van der Waals surface area (Å²) in [7, 11) is 0. The van der Waals surface area contributed by atoms with E-state index in [-0.39, 0.29) is 17.6 Å². The first-order valence-corrected chi connectivity index (χ1v) is 4.85. The molecule has 1 aliphatic rings. The van der Waals surface area contributed by atoms with Gasteiger partial charge in [0.2, 0.25) is 0 Å². The Morgan fingerprint density at radius 1 is 1.50 bits per heavy atom. The topological polar surface area (TPSA) is 46.2 Å². The van der Waals surface area contributed by atoms with Crippen LogP contribution < -0.4 is 5.73 Å². The van der Waals surface area contributed by atoms with Crippen molar-refractivity contribution in [3.63, 3.8) is 0 Å². The van der Waals surface area contributed by atoms with Gasteiger partial charge in [0.15, 0.2) is 0 Å². The molecule has 1 saturated carbocycles. The summed E-state index contributed by atoms with van der Waals surface area (Å²) in [5.41, 5.74) is 7.00. The van der Waals surface area contributed by atoms with Gasteiger partial charge in [-0.3, -0.25) is 0 Å². The maximum absolute atomic E-state index is 13.2. The van der Waals surface area contributed by atoms with Gasteiger partial charge in [-0.1, -0.05) is 0 Å². The second-order valence-electron chi connectivity index (χ2n) is 3.97. The smallest absolute Gasteiger partial charge is 0.126 e. The Morgan fingerprint density at radius 2 is 2.14 bits per heavy atom. The van der Waals surface area contributed by atoms with Crippen LogP contribution in [0.4, 0.5) is 4.39 Å². The number of phenolic OH excluding ortho intramolecular Hbond substituents is 1. The van der Waals surface area contributed by atoms with Crippen LogP contribution in [0.3, 0.4) is 0 Å². The highest BCUT2D eigenvalue weighted by Crippen LogP contribution is 2.43. The zero-order chi connectivity index (χ0) is 10.3. The van der Waals surface area contributed by atoms with Crippen molar-refractivity contribution in [2.45, 2.75) is 25.8 Å². The highest BCUT2D eigenvalue weighted by molar-refractivity contribution is 5.42. The SMILES string of the molecule is Cc1c(F)ccc(O)c1C(N)C1CC1. The molecule has 0 heterocycles. The minimum atomic E-state index is -0.297. The highest BCUT2D eigenvalue weighted by atomic mass is 19.1. The standard InChI is InChI=1S/C11H14FNO/c1-6-8(12)4-5-9(14)10(6)11(13)7-2-3-7/h4-5,7,11,14H,2-3,13H2,1H3. The lowest BCUT2D eigenvalue weighted by Crippen LogP contribution is -2.14. The van der Waals surface area contributed by atoms with E-state index >= 15 is 0 Å². The number of aromatic hydroxyl groups is 1. The lowest BCUT2D eigenvalue weighted by atomic mass is 9.97. The molecule has 1 aromatic rings.